The average Bonchev–Trinajstić information content (AvgIpc) is 2.73. The van der Waals surface area contributed by atoms with Crippen LogP contribution in [0.1, 0.15) is 35.3 Å². The van der Waals surface area contributed by atoms with E-state index in [0.29, 0.717) is 30.2 Å². The molecule has 2 unspecified atom stereocenters. The van der Waals surface area contributed by atoms with Gasteiger partial charge in [-0.25, -0.2) is 9.97 Å². The molecule has 3 rings (SSSR count). The van der Waals surface area contributed by atoms with Crippen LogP contribution in [0.4, 0.5) is 5.82 Å². The second kappa shape index (κ2) is 8.95. The van der Waals surface area contributed by atoms with Crippen molar-refractivity contribution in [1.82, 2.24) is 19.8 Å². The Morgan fingerprint density at radius 2 is 2.07 bits per heavy atom. The number of rotatable bonds is 5. The number of hydrogen-bond donors (Lipinski definition) is 1. The number of methoxy groups -OCH3 is 1. The van der Waals surface area contributed by atoms with Crippen LogP contribution in [-0.2, 0) is 9.47 Å². The number of hydrogen-bond acceptors (Lipinski definition) is 7. The Balaban J connectivity index is 1.61. The Hall–Kier alpha value is -1.77. The van der Waals surface area contributed by atoms with Crippen molar-refractivity contribution in [3.8, 4) is 0 Å². The van der Waals surface area contributed by atoms with E-state index in [9.17, 15) is 4.79 Å². The van der Waals surface area contributed by atoms with Gasteiger partial charge in [0.2, 0.25) is 0 Å². The minimum atomic E-state index is -0.00617. The molecule has 2 saturated heterocycles. The summed E-state index contributed by atoms with van der Waals surface area (Å²) in [6.07, 6.45) is 4.47. The molecule has 1 amide bonds. The van der Waals surface area contributed by atoms with Crippen LogP contribution in [0, 0.1) is 6.92 Å². The number of carbonyl (C=O) groups is 1. The van der Waals surface area contributed by atoms with E-state index in [0.717, 1.165) is 44.5 Å². The number of piperidine rings is 1. The molecule has 0 spiro atoms. The summed E-state index contributed by atoms with van der Waals surface area (Å²) < 4.78 is 11.2. The number of ether oxygens (including phenoxy) is 2. The smallest absolute Gasteiger partial charge is 0.272 e. The number of nitrogens with zero attached hydrogens (tertiary/aromatic N) is 4. The van der Waals surface area contributed by atoms with Gasteiger partial charge < -0.3 is 19.7 Å². The molecule has 2 atom stereocenters. The van der Waals surface area contributed by atoms with Crippen LogP contribution < -0.4 is 5.32 Å². The van der Waals surface area contributed by atoms with Crippen molar-refractivity contribution >= 4 is 11.7 Å². The number of likely N-dealkylation sites (N-methyl/N-ethyl adjacent to an activating group) is 1. The minimum absolute atomic E-state index is 0.00617. The summed E-state index contributed by atoms with van der Waals surface area (Å²) in [5.74, 6) is 0.696. The first-order valence-corrected chi connectivity index (χ1v) is 9.68. The minimum Gasteiger partial charge on any atom is -0.379 e. The van der Waals surface area contributed by atoms with Crippen LogP contribution >= 0.6 is 0 Å². The number of anilines is 1. The molecule has 1 aromatic rings. The van der Waals surface area contributed by atoms with Crippen LogP contribution in [0.5, 0.6) is 0 Å². The van der Waals surface area contributed by atoms with E-state index < -0.39 is 0 Å². The maximum Gasteiger partial charge on any atom is 0.272 e. The third-order valence-electron chi connectivity index (χ3n) is 5.95. The molecule has 150 valence electrons. The largest absolute Gasteiger partial charge is 0.379 e. The van der Waals surface area contributed by atoms with Gasteiger partial charge >= 0.3 is 0 Å². The average molecular weight is 377 g/mol. The Labute approximate surface area is 161 Å². The molecule has 0 bridgehead atoms. The first-order valence-electron chi connectivity index (χ1n) is 9.68. The molecule has 2 aliphatic rings. The van der Waals surface area contributed by atoms with Crippen LogP contribution in [0.2, 0.25) is 0 Å². The summed E-state index contributed by atoms with van der Waals surface area (Å²) in [5.41, 5.74) is 1.29. The molecule has 0 aromatic carbocycles. The number of likely N-dealkylation sites (tertiary alicyclic amines) is 1. The Bertz CT molecular complexity index is 648. The highest BCUT2D eigenvalue weighted by atomic mass is 16.5. The summed E-state index contributed by atoms with van der Waals surface area (Å²) >= 11 is 0. The summed E-state index contributed by atoms with van der Waals surface area (Å²) in [6, 6.07) is 0.826. The molecular formula is C19H31N5O3. The van der Waals surface area contributed by atoms with Crippen LogP contribution in [0.25, 0.3) is 0 Å². The first kappa shape index (κ1) is 20.0. The van der Waals surface area contributed by atoms with Crippen molar-refractivity contribution in [3.05, 3.63) is 17.6 Å². The number of amides is 1. The number of nitrogens with one attached hydrogen (secondary N) is 1. The summed E-state index contributed by atoms with van der Waals surface area (Å²) in [7, 11) is 5.73. The molecule has 0 saturated carbocycles. The Kier molecular flexibility index (Phi) is 6.62. The van der Waals surface area contributed by atoms with Gasteiger partial charge in [0.05, 0.1) is 12.7 Å². The third kappa shape index (κ3) is 4.23. The zero-order valence-electron chi connectivity index (χ0n) is 16.8. The predicted molar refractivity (Wildman–Crippen MR) is 103 cm³/mol. The van der Waals surface area contributed by atoms with E-state index in [4.69, 9.17) is 9.47 Å². The maximum atomic E-state index is 12.9. The lowest BCUT2D eigenvalue weighted by Crippen LogP contribution is -2.54. The summed E-state index contributed by atoms with van der Waals surface area (Å²) in [5, 5.41) is 3.01. The van der Waals surface area contributed by atoms with E-state index in [-0.39, 0.29) is 12.0 Å². The molecule has 2 aliphatic heterocycles. The summed E-state index contributed by atoms with van der Waals surface area (Å²) in [6.45, 7) is 4.81. The van der Waals surface area contributed by atoms with Gasteiger partial charge in [0.25, 0.3) is 5.91 Å². The molecule has 0 aliphatic carbocycles. The summed E-state index contributed by atoms with van der Waals surface area (Å²) in [4.78, 5) is 25.7. The fourth-order valence-electron chi connectivity index (χ4n) is 4.21. The highest BCUT2D eigenvalue weighted by Gasteiger charge is 2.35. The zero-order chi connectivity index (χ0) is 19.4. The van der Waals surface area contributed by atoms with Crippen molar-refractivity contribution in [3.63, 3.8) is 0 Å². The Morgan fingerprint density at radius 3 is 2.74 bits per heavy atom. The molecule has 1 N–H and O–H groups in total. The highest BCUT2D eigenvalue weighted by Crippen LogP contribution is 2.25. The lowest BCUT2D eigenvalue weighted by Gasteiger charge is -2.44. The first-order chi connectivity index (χ1) is 13.1. The maximum absolute atomic E-state index is 12.9. The van der Waals surface area contributed by atoms with E-state index in [2.05, 4.69) is 27.2 Å². The van der Waals surface area contributed by atoms with Crippen LogP contribution in [0.3, 0.4) is 0 Å². The lowest BCUT2D eigenvalue weighted by molar-refractivity contribution is -0.0891. The normalized spacial score (nSPS) is 24.3. The topological polar surface area (TPSA) is 79.8 Å². The van der Waals surface area contributed by atoms with Gasteiger partial charge in [-0.3, -0.25) is 9.69 Å². The highest BCUT2D eigenvalue weighted by molar-refractivity contribution is 5.94. The van der Waals surface area contributed by atoms with Crippen LogP contribution in [-0.4, -0.2) is 91.4 Å². The molecule has 2 fully saturated rings. The second-order valence-corrected chi connectivity index (χ2v) is 7.34. The van der Waals surface area contributed by atoms with Crippen LogP contribution in [0.15, 0.2) is 6.33 Å². The van der Waals surface area contributed by atoms with Gasteiger partial charge in [-0.1, -0.05) is 0 Å². The fourth-order valence-corrected chi connectivity index (χ4v) is 4.21. The molecule has 8 heteroatoms. The van der Waals surface area contributed by atoms with Crippen molar-refractivity contribution < 1.29 is 14.3 Å². The molecule has 27 heavy (non-hydrogen) atoms. The standard InChI is InChI=1S/C19H31N5O3/c1-13-17(21-12-22-18(13)20-2)19(25)24-8-5-14(6-9-24)23(3)15-7-10-27-11-16(15)26-4/h12,14-16H,5-11H2,1-4H3,(H,20,21,22). The lowest BCUT2D eigenvalue weighted by atomic mass is 9.97. The van der Waals surface area contributed by atoms with E-state index in [1.165, 1.54) is 6.33 Å². The van der Waals surface area contributed by atoms with Gasteiger partial charge in [0, 0.05) is 51.5 Å². The monoisotopic (exact) mass is 377 g/mol. The third-order valence-corrected chi connectivity index (χ3v) is 5.95. The van der Waals surface area contributed by atoms with Crippen molar-refractivity contribution in [2.24, 2.45) is 0 Å². The fraction of sp³-hybridized carbons (Fsp3) is 0.737. The van der Waals surface area contributed by atoms with Gasteiger partial charge in [-0.15, -0.1) is 0 Å². The van der Waals surface area contributed by atoms with Crippen molar-refractivity contribution in [2.75, 3.05) is 52.8 Å². The van der Waals surface area contributed by atoms with E-state index >= 15 is 0 Å². The number of carbonyl (C=O) groups excluding carboxylic acids is 1. The second-order valence-electron chi connectivity index (χ2n) is 7.34. The van der Waals surface area contributed by atoms with Gasteiger partial charge in [0.15, 0.2) is 0 Å². The molecule has 0 radical (unpaired) electrons. The van der Waals surface area contributed by atoms with Crippen molar-refractivity contribution in [2.45, 2.75) is 44.4 Å². The molecular weight excluding hydrogens is 346 g/mol. The zero-order valence-corrected chi connectivity index (χ0v) is 16.8. The predicted octanol–water partition coefficient (Wildman–Crippen LogP) is 1.17. The van der Waals surface area contributed by atoms with Crippen molar-refractivity contribution in [1.29, 1.82) is 0 Å². The molecule has 1 aromatic heterocycles. The Morgan fingerprint density at radius 1 is 1.33 bits per heavy atom. The van der Waals surface area contributed by atoms with Gasteiger partial charge in [-0.05, 0) is 33.2 Å². The SMILES string of the molecule is CNc1ncnc(C(=O)N2CCC(N(C)C3CCOCC3OC)CC2)c1C. The molecule has 8 nitrogen and oxygen atoms in total. The number of aromatic nitrogens is 2. The van der Waals surface area contributed by atoms with E-state index in [1.807, 2.05) is 11.8 Å². The van der Waals surface area contributed by atoms with Gasteiger partial charge in [0.1, 0.15) is 17.8 Å². The quantitative estimate of drug-likeness (QED) is 0.825. The van der Waals surface area contributed by atoms with E-state index in [1.54, 1.807) is 14.2 Å². The molecule has 3 heterocycles. The van der Waals surface area contributed by atoms with Gasteiger partial charge in [-0.2, -0.15) is 0 Å².